The SMILES string of the molecule is Cc1nc2n[nH]c(N)c2c(C)c1-c1ccc([C@H](C)N2CCCCC2)cc1. The number of nitrogens with two attached hydrogens (primary N) is 1. The lowest BCUT2D eigenvalue weighted by molar-refractivity contribution is 0.175. The first-order chi connectivity index (χ1) is 12.6. The summed E-state index contributed by atoms with van der Waals surface area (Å²) in [7, 11) is 0. The van der Waals surface area contributed by atoms with Gasteiger partial charge < -0.3 is 5.73 Å². The average Bonchev–Trinajstić information content (AvgIpc) is 3.03. The van der Waals surface area contributed by atoms with E-state index in [1.165, 1.54) is 43.5 Å². The molecule has 0 saturated carbocycles. The first kappa shape index (κ1) is 17.0. The zero-order valence-electron chi connectivity index (χ0n) is 15.8. The van der Waals surface area contributed by atoms with Crippen LogP contribution in [0, 0.1) is 13.8 Å². The zero-order chi connectivity index (χ0) is 18.3. The summed E-state index contributed by atoms with van der Waals surface area (Å²) >= 11 is 0. The summed E-state index contributed by atoms with van der Waals surface area (Å²) < 4.78 is 0. The van der Waals surface area contributed by atoms with Crippen molar-refractivity contribution in [3.8, 4) is 11.1 Å². The van der Waals surface area contributed by atoms with Crippen LogP contribution in [0.3, 0.4) is 0 Å². The fourth-order valence-electron chi connectivity index (χ4n) is 4.28. The normalized spacial score (nSPS) is 16.9. The first-order valence-corrected chi connectivity index (χ1v) is 9.51. The van der Waals surface area contributed by atoms with Crippen molar-refractivity contribution in [2.24, 2.45) is 0 Å². The van der Waals surface area contributed by atoms with Crippen molar-refractivity contribution in [2.45, 2.75) is 46.1 Å². The van der Waals surface area contributed by atoms with Crippen LogP contribution in [0.25, 0.3) is 22.2 Å². The number of nitrogens with one attached hydrogen (secondary N) is 1. The third-order valence-corrected chi connectivity index (χ3v) is 5.78. The number of aromatic amines is 1. The second-order valence-corrected chi connectivity index (χ2v) is 7.43. The Morgan fingerprint density at radius 2 is 1.77 bits per heavy atom. The van der Waals surface area contributed by atoms with Gasteiger partial charge in [-0.25, -0.2) is 4.98 Å². The number of likely N-dealkylation sites (tertiary alicyclic amines) is 1. The predicted octanol–water partition coefficient (Wildman–Crippen LogP) is 4.37. The molecule has 1 aromatic carbocycles. The molecule has 5 nitrogen and oxygen atoms in total. The zero-order valence-corrected chi connectivity index (χ0v) is 15.8. The van der Waals surface area contributed by atoms with Crippen LogP contribution in [0.4, 0.5) is 5.82 Å². The van der Waals surface area contributed by atoms with E-state index < -0.39 is 0 Å². The number of benzene rings is 1. The van der Waals surface area contributed by atoms with Gasteiger partial charge in [-0.1, -0.05) is 30.7 Å². The molecule has 0 amide bonds. The molecule has 0 aliphatic carbocycles. The number of hydrogen-bond acceptors (Lipinski definition) is 4. The highest BCUT2D eigenvalue weighted by molar-refractivity contribution is 5.94. The molecule has 0 bridgehead atoms. The molecule has 26 heavy (non-hydrogen) atoms. The van der Waals surface area contributed by atoms with E-state index in [2.05, 4.69) is 58.2 Å². The Kier molecular flexibility index (Phi) is 4.41. The molecule has 5 heteroatoms. The van der Waals surface area contributed by atoms with Gasteiger partial charge in [0, 0.05) is 17.3 Å². The maximum Gasteiger partial charge on any atom is 0.183 e. The minimum absolute atomic E-state index is 0.469. The number of anilines is 1. The van der Waals surface area contributed by atoms with E-state index in [9.17, 15) is 0 Å². The van der Waals surface area contributed by atoms with Gasteiger partial charge in [-0.3, -0.25) is 10.00 Å². The van der Waals surface area contributed by atoms with Crippen LogP contribution in [-0.4, -0.2) is 33.2 Å². The number of aryl methyl sites for hydroxylation is 2. The number of nitrogen functional groups attached to an aromatic ring is 1. The molecule has 3 aromatic rings. The van der Waals surface area contributed by atoms with E-state index in [0.29, 0.717) is 17.5 Å². The van der Waals surface area contributed by atoms with Crippen molar-refractivity contribution in [3.63, 3.8) is 0 Å². The van der Waals surface area contributed by atoms with Crippen LogP contribution >= 0.6 is 0 Å². The molecule has 1 fully saturated rings. The van der Waals surface area contributed by atoms with Crippen molar-refractivity contribution in [3.05, 3.63) is 41.1 Å². The van der Waals surface area contributed by atoms with E-state index in [-0.39, 0.29) is 0 Å². The molecule has 1 atom stereocenters. The summed E-state index contributed by atoms with van der Waals surface area (Å²) in [5.74, 6) is 0.585. The molecule has 3 N–H and O–H groups in total. The molecule has 2 aromatic heterocycles. The van der Waals surface area contributed by atoms with E-state index in [0.717, 1.165) is 22.2 Å². The summed E-state index contributed by atoms with van der Waals surface area (Å²) in [6.45, 7) is 8.87. The van der Waals surface area contributed by atoms with Crippen LogP contribution in [0.1, 0.15) is 49.0 Å². The molecule has 1 saturated heterocycles. The summed E-state index contributed by atoms with van der Waals surface area (Å²) in [4.78, 5) is 7.23. The summed E-state index contributed by atoms with van der Waals surface area (Å²) in [6.07, 6.45) is 4.00. The van der Waals surface area contributed by atoms with Gasteiger partial charge in [-0.05, 0) is 63.4 Å². The molecule has 3 heterocycles. The number of pyridine rings is 1. The van der Waals surface area contributed by atoms with Crippen LogP contribution < -0.4 is 5.73 Å². The lowest BCUT2D eigenvalue weighted by Gasteiger charge is -2.32. The highest BCUT2D eigenvalue weighted by Crippen LogP contribution is 2.34. The maximum absolute atomic E-state index is 6.06. The van der Waals surface area contributed by atoms with Gasteiger partial charge >= 0.3 is 0 Å². The van der Waals surface area contributed by atoms with Crippen molar-refractivity contribution in [1.82, 2.24) is 20.1 Å². The topological polar surface area (TPSA) is 70.8 Å². The second kappa shape index (κ2) is 6.72. The van der Waals surface area contributed by atoms with E-state index in [4.69, 9.17) is 5.73 Å². The Bertz CT molecular complexity index is 920. The average molecular weight is 349 g/mol. The van der Waals surface area contributed by atoms with E-state index >= 15 is 0 Å². The smallest absolute Gasteiger partial charge is 0.183 e. The number of fused-ring (bicyclic) bond motifs is 1. The van der Waals surface area contributed by atoms with Crippen molar-refractivity contribution < 1.29 is 0 Å². The monoisotopic (exact) mass is 349 g/mol. The summed E-state index contributed by atoms with van der Waals surface area (Å²) in [6, 6.07) is 9.42. The Hall–Kier alpha value is -2.40. The Labute approximate surface area is 154 Å². The Morgan fingerprint density at radius 1 is 1.08 bits per heavy atom. The van der Waals surface area contributed by atoms with Crippen LogP contribution in [0.5, 0.6) is 0 Å². The van der Waals surface area contributed by atoms with Crippen LogP contribution in [0.15, 0.2) is 24.3 Å². The van der Waals surface area contributed by atoms with Crippen LogP contribution in [-0.2, 0) is 0 Å². The third kappa shape index (κ3) is 2.86. The largest absolute Gasteiger partial charge is 0.384 e. The number of rotatable bonds is 3. The highest BCUT2D eigenvalue weighted by Gasteiger charge is 2.19. The second-order valence-electron chi connectivity index (χ2n) is 7.43. The fourth-order valence-corrected chi connectivity index (χ4v) is 4.28. The van der Waals surface area contributed by atoms with Crippen molar-refractivity contribution in [1.29, 1.82) is 0 Å². The minimum Gasteiger partial charge on any atom is -0.384 e. The quantitative estimate of drug-likeness (QED) is 0.736. The molecule has 136 valence electrons. The third-order valence-electron chi connectivity index (χ3n) is 5.78. The number of aromatic nitrogens is 3. The fraction of sp³-hybridized carbons (Fsp3) is 0.429. The molecule has 0 spiro atoms. The van der Waals surface area contributed by atoms with E-state index in [1.54, 1.807) is 0 Å². The lowest BCUT2D eigenvalue weighted by atomic mass is 9.95. The summed E-state index contributed by atoms with van der Waals surface area (Å²) in [5, 5.41) is 7.97. The summed E-state index contributed by atoms with van der Waals surface area (Å²) in [5.41, 5.74) is 12.6. The number of hydrogen-bond donors (Lipinski definition) is 2. The Balaban J connectivity index is 1.69. The van der Waals surface area contributed by atoms with Gasteiger partial charge in [0.15, 0.2) is 5.65 Å². The van der Waals surface area contributed by atoms with Crippen molar-refractivity contribution >= 4 is 16.9 Å². The van der Waals surface area contributed by atoms with Gasteiger partial charge in [0.05, 0.1) is 5.39 Å². The van der Waals surface area contributed by atoms with Gasteiger partial charge in [0.2, 0.25) is 0 Å². The minimum atomic E-state index is 0.469. The molecular weight excluding hydrogens is 322 g/mol. The molecular formula is C21H27N5. The standard InChI is InChI=1S/C21H27N5/c1-13-18(14(2)23-21-19(13)20(22)24-25-21)17-9-7-16(8-10-17)15(3)26-11-5-4-6-12-26/h7-10,15H,4-6,11-12H2,1-3H3,(H3,22,23,24,25)/t15-/m0/s1. The number of piperidine rings is 1. The molecule has 1 aliphatic heterocycles. The Morgan fingerprint density at radius 3 is 2.46 bits per heavy atom. The van der Waals surface area contributed by atoms with E-state index in [1.807, 2.05) is 6.92 Å². The van der Waals surface area contributed by atoms with Gasteiger partial charge in [0.25, 0.3) is 0 Å². The first-order valence-electron chi connectivity index (χ1n) is 9.51. The van der Waals surface area contributed by atoms with Gasteiger partial charge in [-0.15, -0.1) is 0 Å². The molecule has 0 radical (unpaired) electrons. The molecule has 0 unspecified atom stereocenters. The number of nitrogens with zero attached hydrogens (tertiary/aromatic N) is 3. The lowest BCUT2D eigenvalue weighted by Crippen LogP contribution is -2.32. The maximum atomic E-state index is 6.06. The molecule has 4 rings (SSSR count). The molecule has 1 aliphatic rings. The van der Waals surface area contributed by atoms with Gasteiger partial charge in [0.1, 0.15) is 5.82 Å². The van der Waals surface area contributed by atoms with Crippen molar-refractivity contribution in [2.75, 3.05) is 18.8 Å². The number of H-pyrrole nitrogens is 1. The highest BCUT2D eigenvalue weighted by atomic mass is 15.2. The van der Waals surface area contributed by atoms with Crippen LogP contribution in [0.2, 0.25) is 0 Å². The predicted molar refractivity (Wildman–Crippen MR) is 107 cm³/mol. The van der Waals surface area contributed by atoms with Gasteiger partial charge in [-0.2, -0.15) is 5.10 Å².